The first kappa shape index (κ1) is 26.5. The fourth-order valence-electron chi connectivity index (χ4n) is 3.87. The third-order valence-electron chi connectivity index (χ3n) is 5.99. The first-order valence-corrected chi connectivity index (χ1v) is 13.0. The molecule has 1 amide bonds. The Bertz CT molecular complexity index is 1360. The number of nitrogens with zero attached hydrogens (tertiary/aromatic N) is 2. The van der Waals surface area contributed by atoms with E-state index >= 15 is 0 Å². The van der Waals surface area contributed by atoms with Gasteiger partial charge in [-0.25, -0.2) is 8.42 Å². The average molecular weight is 532 g/mol. The van der Waals surface area contributed by atoms with Gasteiger partial charge in [0.1, 0.15) is 23.0 Å². The summed E-state index contributed by atoms with van der Waals surface area (Å²) in [6.45, 7) is 4.99. The summed E-state index contributed by atoms with van der Waals surface area (Å²) < 4.78 is 54.8. The molecule has 2 aromatic carbocycles. The van der Waals surface area contributed by atoms with Crippen LogP contribution >= 0.6 is 0 Å². The number of aromatic nitrogens is 1. The fraction of sp³-hybridized carbons (Fsp3) is 0.360. The van der Waals surface area contributed by atoms with Crippen molar-refractivity contribution in [2.24, 2.45) is 0 Å². The Kier molecular flexibility index (Phi) is 8.00. The molecule has 4 rings (SSSR count). The number of rotatable bonds is 9. The molecule has 2 heterocycles. The highest BCUT2D eigenvalue weighted by Crippen LogP contribution is 2.32. The van der Waals surface area contributed by atoms with E-state index in [9.17, 15) is 13.2 Å². The average Bonchev–Trinajstić information content (AvgIpc) is 3.24. The van der Waals surface area contributed by atoms with Gasteiger partial charge >= 0.3 is 0 Å². The van der Waals surface area contributed by atoms with Crippen LogP contribution in [0, 0.1) is 13.8 Å². The zero-order chi connectivity index (χ0) is 26.6. The second-order valence-corrected chi connectivity index (χ2v) is 10.2. The Morgan fingerprint density at radius 3 is 2.38 bits per heavy atom. The number of ether oxygens (including phenoxy) is 4. The van der Waals surface area contributed by atoms with E-state index in [-0.39, 0.29) is 30.3 Å². The number of anilines is 1. The van der Waals surface area contributed by atoms with E-state index in [1.807, 2.05) is 6.92 Å². The zero-order valence-electron chi connectivity index (χ0n) is 21.1. The minimum Gasteiger partial charge on any atom is -0.495 e. The first-order valence-electron chi connectivity index (χ1n) is 11.5. The molecule has 0 radical (unpaired) electrons. The third-order valence-corrected chi connectivity index (χ3v) is 7.91. The molecule has 198 valence electrons. The van der Waals surface area contributed by atoms with Gasteiger partial charge in [0.2, 0.25) is 10.0 Å². The maximum absolute atomic E-state index is 13.2. The van der Waals surface area contributed by atoms with Crippen molar-refractivity contribution in [1.82, 2.24) is 9.46 Å². The summed E-state index contributed by atoms with van der Waals surface area (Å²) in [6, 6.07) is 9.25. The molecule has 0 unspecified atom stereocenters. The number of nitrogens with one attached hydrogen (secondary N) is 1. The van der Waals surface area contributed by atoms with Gasteiger partial charge in [0, 0.05) is 24.3 Å². The predicted molar refractivity (Wildman–Crippen MR) is 134 cm³/mol. The number of amides is 1. The van der Waals surface area contributed by atoms with Crippen molar-refractivity contribution in [3.63, 3.8) is 0 Å². The van der Waals surface area contributed by atoms with Gasteiger partial charge in [-0.1, -0.05) is 5.16 Å². The highest BCUT2D eigenvalue weighted by molar-refractivity contribution is 7.89. The van der Waals surface area contributed by atoms with Gasteiger partial charge in [-0.15, -0.1) is 0 Å². The number of carbonyl (C=O) groups excluding carboxylic acids is 1. The molecule has 0 aliphatic carbocycles. The summed E-state index contributed by atoms with van der Waals surface area (Å²) in [5, 5.41) is 6.66. The number of hydrogen-bond donors (Lipinski definition) is 1. The number of benzene rings is 2. The van der Waals surface area contributed by atoms with Crippen molar-refractivity contribution >= 4 is 21.6 Å². The van der Waals surface area contributed by atoms with Crippen LogP contribution in [-0.2, 0) is 21.4 Å². The standard InChI is InChI=1S/C25H29N3O8S/c1-16-20(17(2)36-27-16)15-35-21-7-5-18(13-23(21)33-4)25(29)26-19-6-8-22(32-3)24(14-19)37(30,31)28-9-11-34-12-10-28/h5-8,13-14H,9-12,15H2,1-4H3,(H,26,29). The second-order valence-electron chi connectivity index (χ2n) is 8.29. The Labute approximate surface area is 215 Å². The van der Waals surface area contributed by atoms with E-state index in [0.29, 0.717) is 41.7 Å². The summed E-state index contributed by atoms with van der Waals surface area (Å²) in [5.41, 5.74) is 2.18. The van der Waals surface area contributed by atoms with Gasteiger partial charge < -0.3 is 28.8 Å². The van der Waals surface area contributed by atoms with Crippen LogP contribution in [0.25, 0.3) is 0 Å². The van der Waals surface area contributed by atoms with E-state index in [4.69, 9.17) is 23.5 Å². The van der Waals surface area contributed by atoms with Crippen molar-refractivity contribution in [3.05, 3.63) is 59.0 Å². The second kappa shape index (κ2) is 11.2. The van der Waals surface area contributed by atoms with Crippen LogP contribution in [0.2, 0.25) is 0 Å². The number of aryl methyl sites for hydroxylation is 2. The summed E-state index contributed by atoms with van der Waals surface area (Å²) in [4.78, 5) is 13.0. The Morgan fingerprint density at radius 2 is 1.73 bits per heavy atom. The molecule has 1 N–H and O–H groups in total. The molecule has 1 fully saturated rings. The predicted octanol–water partition coefficient (Wildman–Crippen LogP) is 3.16. The van der Waals surface area contributed by atoms with Crippen molar-refractivity contribution in [2.75, 3.05) is 45.8 Å². The molecule has 0 saturated carbocycles. The number of morpholine rings is 1. The molecule has 0 bridgehead atoms. The third kappa shape index (κ3) is 5.71. The fourth-order valence-corrected chi connectivity index (χ4v) is 5.46. The Balaban J connectivity index is 1.52. The molecule has 0 spiro atoms. The molecule has 1 aliphatic heterocycles. The molecule has 1 aromatic heterocycles. The number of carbonyl (C=O) groups is 1. The van der Waals surface area contributed by atoms with E-state index in [0.717, 1.165) is 11.3 Å². The van der Waals surface area contributed by atoms with Crippen molar-refractivity contribution in [3.8, 4) is 17.2 Å². The topological polar surface area (TPSA) is 129 Å². The molecule has 11 nitrogen and oxygen atoms in total. The molecular weight excluding hydrogens is 502 g/mol. The first-order chi connectivity index (χ1) is 17.7. The van der Waals surface area contributed by atoms with Crippen LogP contribution < -0.4 is 19.5 Å². The van der Waals surface area contributed by atoms with E-state index in [2.05, 4.69) is 10.5 Å². The summed E-state index contributed by atoms with van der Waals surface area (Å²) in [7, 11) is -0.971. The van der Waals surface area contributed by atoms with Crippen LogP contribution in [0.15, 0.2) is 45.8 Å². The molecule has 37 heavy (non-hydrogen) atoms. The molecule has 3 aromatic rings. The van der Waals surface area contributed by atoms with Crippen LogP contribution in [0.3, 0.4) is 0 Å². The molecule has 12 heteroatoms. The van der Waals surface area contributed by atoms with Gasteiger partial charge in [-0.2, -0.15) is 4.31 Å². The highest BCUT2D eigenvalue weighted by atomic mass is 32.2. The van der Waals surface area contributed by atoms with Crippen LogP contribution in [0.1, 0.15) is 27.4 Å². The zero-order valence-corrected chi connectivity index (χ0v) is 21.9. The molecule has 1 aliphatic rings. The maximum atomic E-state index is 13.2. The summed E-state index contributed by atoms with van der Waals surface area (Å²) >= 11 is 0. The quantitative estimate of drug-likeness (QED) is 0.443. The maximum Gasteiger partial charge on any atom is 0.255 e. The Hall–Kier alpha value is -3.61. The lowest BCUT2D eigenvalue weighted by atomic mass is 10.1. The monoisotopic (exact) mass is 531 g/mol. The van der Waals surface area contributed by atoms with Gasteiger partial charge in [-0.05, 0) is 50.2 Å². The van der Waals surface area contributed by atoms with Crippen LogP contribution in [-0.4, -0.2) is 64.3 Å². The van der Waals surface area contributed by atoms with Crippen molar-refractivity contribution in [1.29, 1.82) is 0 Å². The van der Waals surface area contributed by atoms with Crippen molar-refractivity contribution in [2.45, 2.75) is 25.3 Å². The normalized spacial score (nSPS) is 14.3. The molecular formula is C25H29N3O8S. The number of sulfonamides is 1. The van der Waals surface area contributed by atoms with Crippen LogP contribution in [0.4, 0.5) is 5.69 Å². The Morgan fingerprint density at radius 1 is 1.03 bits per heavy atom. The smallest absolute Gasteiger partial charge is 0.255 e. The lowest BCUT2D eigenvalue weighted by Crippen LogP contribution is -2.40. The highest BCUT2D eigenvalue weighted by Gasteiger charge is 2.29. The molecule has 0 atom stereocenters. The number of hydrogen-bond acceptors (Lipinski definition) is 9. The van der Waals surface area contributed by atoms with Gasteiger partial charge in [-0.3, -0.25) is 4.79 Å². The summed E-state index contributed by atoms with van der Waals surface area (Å²) in [6.07, 6.45) is 0. The molecule has 1 saturated heterocycles. The van der Waals surface area contributed by atoms with E-state index in [1.165, 1.54) is 30.7 Å². The largest absolute Gasteiger partial charge is 0.495 e. The SMILES string of the molecule is COc1cc(C(=O)Nc2ccc(OC)c(S(=O)(=O)N3CCOCC3)c2)ccc1OCc1c(C)noc1C. The minimum atomic E-state index is -3.85. The van der Waals surface area contributed by atoms with Crippen molar-refractivity contribution < 1.29 is 36.7 Å². The van der Waals surface area contributed by atoms with Crippen LogP contribution in [0.5, 0.6) is 17.2 Å². The van der Waals surface area contributed by atoms with Gasteiger partial charge in [0.15, 0.2) is 11.5 Å². The van der Waals surface area contributed by atoms with Gasteiger partial charge in [0.05, 0.1) is 38.7 Å². The van der Waals surface area contributed by atoms with E-state index < -0.39 is 15.9 Å². The lowest BCUT2D eigenvalue weighted by Gasteiger charge is -2.26. The van der Waals surface area contributed by atoms with Gasteiger partial charge in [0.25, 0.3) is 5.91 Å². The summed E-state index contributed by atoms with van der Waals surface area (Å²) in [5.74, 6) is 1.22. The van der Waals surface area contributed by atoms with E-state index in [1.54, 1.807) is 31.2 Å². The minimum absolute atomic E-state index is 0.0321. The lowest BCUT2D eigenvalue weighted by molar-refractivity contribution is 0.0729. The number of methoxy groups -OCH3 is 2.